The Balaban J connectivity index is 0. The van der Waals surface area contributed by atoms with Crippen LogP contribution in [-0.2, 0) is 42.5 Å². The van der Waals surface area contributed by atoms with E-state index in [-0.39, 0.29) is 32.7 Å². The van der Waals surface area contributed by atoms with Crippen molar-refractivity contribution in [1.29, 1.82) is 0 Å². The molecular weight excluding hydrogens is 177 g/mol. The van der Waals surface area contributed by atoms with Crippen LogP contribution in [0.1, 0.15) is 0 Å². The quantitative estimate of drug-likeness (QED) is 0.487. The molecule has 0 atom stereocenters. The average Bonchev–Trinajstić information content (AvgIpc) is 0.722. The third kappa shape index (κ3) is 74.8. The van der Waals surface area contributed by atoms with Crippen molar-refractivity contribution in [1.82, 2.24) is 0 Å². The van der Waals surface area contributed by atoms with Gasteiger partial charge in [0.05, 0.1) is 0 Å². The van der Waals surface area contributed by atoms with Crippen LogP contribution in [0.15, 0.2) is 0 Å². The summed E-state index contributed by atoms with van der Waals surface area (Å²) in [6.07, 6.45) is 3.79. The van der Waals surface area contributed by atoms with Crippen LogP contribution in [0.4, 0.5) is 0 Å². The second-order valence-electron chi connectivity index (χ2n) is 0.926. The van der Waals surface area contributed by atoms with Crippen LogP contribution in [0.2, 0.25) is 0 Å². The van der Waals surface area contributed by atoms with Crippen LogP contribution in [0.3, 0.4) is 0 Å². The van der Waals surface area contributed by atoms with Crippen molar-refractivity contribution in [2.45, 2.75) is 0 Å². The smallest absolute Gasteiger partial charge is 0.263 e. The predicted molar refractivity (Wildman–Crippen MR) is 20.2 cm³/mol. The molecule has 0 bridgehead atoms. The van der Waals surface area contributed by atoms with Gasteiger partial charge in [-0.15, -0.1) is 0 Å². The molecule has 0 aliphatic rings. The average molecular weight is 182 g/mol. The predicted octanol–water partition coefficient (Wildman–Crippen LogP) is -0.180. The Morgan fingerprint density at radius 2 is 1.50 bits per heavy atom. The van der Waals surface area contributed by atoms with Crippen LogP contribution < -0.4 is 0 Å². The summed E-state index contributed by atoms with van der Waals surface area (Å²) in [5, 5.41) is 0. The number of hydrogen-bond acceptors (Lipinski definition) is 2. The summed E-state index contributed by atoms with van der Waals surface area (Å²) in [6, 6.07) is 0. The van der Waals surface area contributed by atoms with E-state index in [0.29, 0.717) is 0 Å². The van der Waals surface area contributed by atoms with Gasteiger partial charge in [-0.3, -0.25) is 8.42 Å². The molecule has 0 N–H and O–H groups in total. The Morgan fingerprint density at radius 1 is 1.50 bits per heavy atom. The minimum Gasteiger partial charge on any atom is -0.263 e. The molecule has 0 aliphatic heterocycles. The fourth-order valence-corrected chi connectivity index (χ4v) is 0. The van der Waals surface area contributed by atoms with Crippen LogP contribution in [-0.4, -0.2) is 14.7 Å². The van der Waals surface area contributed by atoms with Gasteiger partial charge in [-0.25, -0.2) is 6.26 Å². The van der Waals surface area contributed by atoms with Crippen molar-refractivity contribution in [2.24, 2.45) is 0 Å². The first kappa shape index (κ1) is 10.1. The first-order valence-corrected chi connectivity index (χ1v) is 3.09. The van der Waals surface area contributed by atoms with Gasteiger partial charge >= 0.3 is 32.7 Å². The molecule has 0 aromatic carbocycles. The molecule has 0 heterocycles. The van der Waals surface area contributed by atoms with Crippen LogP contribution in [0, 0.1) is 6.26 Å². The maximum Gasteiger partial charge on any atom is 3.00 e. The van der Waals surface area contributed by atoms with E-state index in [1.54, 1.807) is 0 Å². The Morgan fingerprint density at radius 3 is 1.50 bits per heavy atom. The topological polar surface area (TPSA) is 34.1 Å². The van der Waals surface area contributed by atoms with Gasteiger partial charge in [-0.2, -0.15) is 0 Å². The number of sulfone groups is 1. The maximum absolute atomic E-state index is 9.52. The number of rotatable bonds is 0. The summed E-state index contributed by atoms with van der Waals surface area (Å²) < 4.78 is 19.0. The molecule has 32 valence electrons. The SMILES string of the molecule is [CH2-]S(C)(=O)=O.[Y+3]. The first-order valence-electron chi connectivity index (χ1n) is 1.03. The monoisotopic (exact) mass is 182 g/mol. The fraction of sp³-hybridized carbons (Fsp3) is 0.500. The van der Waals surface area contributed by atoms with Crippen molar-refractivity contribution in [3.63, 3.8) is 0 Å². The van der Waals surface area contributed by atoms with Crippen LogP contribution in [0.5, 0.6) is 0 Å². The molecule has 2 nitrogen and oxygen atoms in total. The minimum absolute atomic E-state index is 0. The zero-order chi connectivity index (χ0) is 4.50. The molecule has 0 spiro atoms. The summed E-state index contributed by atoms with van der Waals surface area (Å²) in [6.45, 7) is 0. The summed E-state index contributed by atoms with van der Waals surface area (Å²) in [4.78, 5) is 0. The summed E-state index contributed by atoms with van der Waals surface area (Å²) in [5.41, 5.74) is 0. The molecule has 0 amide bonds. The fourth-order valence-electron chi connectivity index (χ4n) is 0. The van der Waals surface area contributed by atoms with Gasteiger partial charge in [-0.05, 0) is 0 Å². The molecule has 4 heteroatoms. The van der Waals surface area contributed by atoms with Gasteiger partial charge in [0.1, 0.15) is 0 Å². The van der Waals surface area contributed by atoms with Gasteiger partial charge in [0.25, 0.3) is 0 Å². The molecule has 0 radical (unpaired) electrons. The molecule has 0 fully saturated rings. The van der Waals surface area contributed by atoms with E-state index in [1.165, 1.54) is 0 Å². The van der Waals surface area contributed by atoms with Gasteiger partial charge in [-0.1, -0.05) is 0 Å². The Hall–Kier alpha value is 1.05. The third-order valence-electron chi connectivity index (χ3n) is 0. The molecule has 0 unspecified atom stereocenters. The van der Waals surface area contributed by atoms with Crippen molar-refractivity contribution >= 4 is 9.84 Å². The molecular formula is C2H5O2SY+2. The van der Waals surface area contributed by atoms with Crippen LogP contribution >= 0.6 is 0 Å². The van der Waals surface area contributed by atoms with E-state index in [4.69, 9.17) is 0 Å². The third-order valence-corrected chi connectivity index (χ3v) is 0. The summed E-state index contributed by atoms with van der Waals surface area (Å²) in [5.74, 6) is 0. The second kappa shape index (κ2) is 3.11. The molecule has 0 aromatic rings. The van der Waals surface area contributed by atoms with E-state index < -0.39 is 9.84 Å². The molecule has 0 aromatic heterocycles. The first-order chi connectivity index (χ1) is 2.00. The van der Waals surface area contributed by atoms with Gasteiger partial charge in [0.2, 0.25) is 0 Å². The minimum atomic E-state index is -2.92. The molecule has 6 heavy (non-hydrogen) atoms. The maximum atomic E-state index is 9.52. The largest absolute Gasteiger partial charge is 3.00 e. The number of hydrogen-bond donors (Lipinski definition) is 0. The van der Waals surface area contributed by atoms with Crippen LogP contribution in [0.25, 0.3) is 0 Å². The van der Waals surface area contributed by atoms with E-state index in [1.807, 2.05) is 0 Å². The summed E-state index contributed by atoms with van der Waals surface area (Å²) >= 11 is 0. The zero-order valence-corrected chi connectivity index (χ0v) is 7.16. The van der Waals surface area contributed by atoms with E-state index in [9.17, 15) is 8.42 Å². The van der Waals surface area contributed by atoms with E-state index >= 15 is 0 Å². The summed E-state index contributed by atoms with van der Waals surface area (Å²) in [7, 11) is -2.92. The van der Waals surface area contributed by atoms with Crippen molar-refractivity contribution in [3.05, 3.63) is 6.26 Å². The molecule has 0 saturated heterocycles. The Labute approximate surface area is 63.1 Å². The van der Waals surface area contributed by atoms with Gasteiger partial charge < -0.3 is 0 Å². The Bertz CT molecular complexity index is 94.7. The Kier molecular flexibility index (Phi) is 5.24. The van der Waals surface area contributed by atoms with Gasteiger partial charge in [0, 0.05) is 16.1 Å². The van der Waals surface area contributed by atoms with E-state index in [0.717, 1.165) is 6.26 Å². The van der Waals surface area contributed by atoms with Gasteiger partial charge in [0.15, 0.2) is 0 Å². The zero-order valence-electron chi connectivity index (χ0n) is 3.51. The van der Waals surface area contributed by atoms with E-state index in [2.05, 4.69) is 6.26 Å². The standard InChI is InChI=1S/C2H5O2S.Y/c1-5(2,3)4;/h1H2,2H3;/q-1;+3. The second-order valence-corrected chi connectivity index (χ2v) is 2.78. The molecule has 0 rings (SSSR count). The molecule has 0 saturated carbocycles. The normalized spacial score (nSPS) is 9.67. The van der Waals surface area contributed by atoms with Crippen molar-refractivity contribution in [3.8, 4) is 0 Å². The van der Waals surface area contributed by atoms with Crippen molar-refractivity contribution in [2.75, 3.05) is 6.26 Å². The molecule has 0 aliphatic carbocycles. The van der Waals surface area contributed by atoms with Crippen molar-refractivity contribution < 1.29 is 41.1 Å².